The molecule has 0 saturated carbocycles. The van der Waals surface area contributed by atoms with Gasteiger partial charge in [-0.3, -0.25) is 0 Å². The molecule has 4 rings (SSSR count). The fourth-order valence-corrected chi connectivity index (χ4v) is 3.46. The number of ether oxygens (including phenoxy) is 6. The quantitative estimate of drug-likeness (QED) is 0.596. The topological polar surface area (TPSA) is 72.5 Å². The highest BCUT2D eigenvalue weighted by atomic mass is 16.9. The molecule has 0 N–H and O–H groups in total. The monoisotopic (exact) mass is 350 g/mol. The Bertz CT molecular complexity index is 657. The molecule has 136 valence electrons. The van der Waals surface area contributed by atoms with Gasteiger partial charge in [0.15, 0.2) is 24.0 Å². The van der Waals surface area contributed by atoms with Crippen molar-refractivity contribution < 1.29 is 33.2 Å². The molecule has 3 heterocycles. The van der Waals surface area contributed by atoms with Crippen molar-refractivity contribution in [1.82, 2.24) is 0 Å². The molecule has 0 amide bonds. The van der Waals surface area contributed by atoms with Gasteiger partial charge in [0.05, 0.1) is 0 Å². The van der Waals surface area contributed by atoms with E-state index in [1.54, 1.807) is 52.0 Å². The summed E-state index contributed by atoms with van der Waals surface area (Å²) in [7, 11) is 0. The highest BCUT2D eigenvalue weighted by molar-refractivity contribution is 5.78. The highest BCUT2D eigenvalue weighted by Crippen LogP contribution is 2.44. The van der Waals surface area contributed by atoms with Crippen molar-refractivity contribution >= 4 is 5.97 Å². The van der Waals surface area contributed by atoms with Crippen molar-refractivity contribution in [1.29, 1.82) is 0 Å². The van der Waals surface area contributed by atoms with Crippen molar-refractivity contribution in [3.8, 4) is 5.75 Å². The summed E-state index contributed by atoms with van der Waals surface area (Å²) in [5.74, 6) is -1.78. The molecule has 0 radical (unpaired) electrons. The van der Waals surface area contributed by atoms with E-state index in [1.807, 2.05) is 6.07 Å². The lowest BCUT2D eigenvalue weighted by Crippen LogP contribution is -2.58. The van der Waals surface area contributed by atoms with Crippen LogP contribution in [0.5, 0.6) is 5.75 Å². The van der Waals surface area contributed by atoms with E-state index < -0.39 is 48.2 Å². The maximum atomic E-state index is 12.7. The van der Waals surface area contributed by atoms with Crippen molar-refractivity contribution in [2.75, 3.05) is 0 Å². The summed E-state index contributed by atoms with van der Waals surface area (Å²) in [5.41, 5.74) is 0. The molecular weight excluding hydrogens is 328 g/mol. The third kappa shape index (κ3) is 3.18. The SMILES string of the molecule is CC1(C)OC2OC(C(=O)Oc3ccccc3)C3OC(C)(C)OC3C2O1. The number of fused-ring (bicyclic) bond motifs is 3. The third-order valence-electron chi connectivity index (χ3n) is 4.35. The molecule has 3 aliphatic rings. The van der Waals surface area contributed by atoms with Gasteiger partial charge in [0.25, 0.3) is 0 Å². The number of hydrogen-bond acceptors (Lipinski definition) is 7. The van der Waals surface area contributed by atoms with Crippen LogP contribution in [0.15, 0.2) is 30.3 Å². The average Bonchev–Trinajstić information content (AvgIpc) is 3.01. The molecule has 1 aromatic rings. The van der Waals surface area contributed by atoms with E-state index >= 15 is 0 Å². The first-order chi connectivity index (χ1) is 11.7. The Hall–Kier alpha value is -1.51. The van der Waals surface area contributed by atoms with E-state index in [-0.39, 0.29) is 0 Å². The lowest BCUT2D eigenvalue weighted by atomic mass is 9.99. The van der Waals surface area contributed by atoms with E-state index in [1.165, 1.54) is 0 Å². The Morgan fingerprint density at radius 3 is 2.20 bits per heavy atom. The van der Waals surface area contributed by atoms with Crippen LogP contribution in [0.4, 0.5) is 0 Å². The minimum Gasteiger partial charge on any atom is -0.425 e. The second-order valence-corrected chi connectivity index (χ2v) is 7.32. The molecule has 25 heavy (non-hydrogen) atoms. The Kier molecular flexibility index (Phi) is 3.90. The lowest BCUT2D eigenvalue weighted by Gasteiger charge is -2.35. The van der Waals surface area contributed by atoms with E-state index in [0.29, 0.717) is 5.75 Å². The molecule has 1 aromatic carbocycles. The van der Waals surface area contributed by atoms with E-state index in [9.17, 15) is 4.79 Å². The molecule has 0 spiro atoms. The van der Waals surface area contributed by atoms with Gasteiger partial charge in [-0.1, -0.05) is 18.2 Å². The number of carbonyl (C=O) groups excluding carboxylic acids is 1. The minimum atomic E-state index is -0.967. The van der Waals surface area contributed by atoms with Crippen molar-refractivity contribution in [3.05, 3.63) is 30.3 Å². The average molecular weight is 350 g/mol. The van der Waals surface area contributed by atoms with Gasteiger partial charge in [0.1, 0.15) is 24.1 Å². The number of hydrogen-bond donors (Lipinski definition) is 0. The van der Waals surface area contributed by atoms with Gasteiger partial charge in [-0.25, -0.2) is 4.79 Å². The summed E-state index contributed by atoms with van der Waals surface area (Å²) in [4.78, 5) is 12.7. The van der Waals surface area contributed by atoms with Gasteiger partial charge in [0, 0.05) is 0 Å². The minimum absolute atomic E-state index is 0.442. The Balaban J connectivity index is 1.58. The van der Waals surface area contributed by atoms with Gasteiger partial charge in [-0.15, -0.1) is 0 Å². The lowest BCUT2D eigenvalue weighted by molar-refractivity contribution is -0.236. The molecular formula is C18H22O7. The van der Waals surface area contributed by atoms with Gasteiger partial charge < -0.3 is 28.4 Å². The largest absolute Gasteiger partial charge is 0.425 e. The molecule has 7 heteroatoms. The van der Waals surface area contributed by atoms with Crippen LogP contribution >= 0.6 is 0 Å². The summed E-state index contributed by atoms with van der Waals surface area (Å²) in [6.45, 7) is 7.17. The summed E-state index contributed by atoms with van der Waals surface area (Å²) < 4.78 is 34.9. The number of benzene rings is 1. The predicted octanol–water partition coefficient (Wildman–Crippen LogP) is 1.99. The smallest absolute Gasteiger partial charge is 0.343 e. The molecule has 0 aromatic heterocycles. The summed E-state index contributed by atoms with van der Waals surface area (Å²) in [6.07, 6.45) is -3.27. The second-order valence-electron chi connectivity index (χ2n) is 7.32. The van der Waals surface area contributed by atoms with Gasteiger partial charge in [0.2, 0.25) is 0 Å². The van der Waals surface area contributed by atoms with Gasteiger partial charge in [-0.2, -0.15) is 0 Å². The zero-order chi connectivity index (χ0) is 17.8. The number of rotatable bonds is 2. The van der Waals surface area contributed by atoms with Gasteiger partial charge >= 0.3 is 5.97 Å². The molecule has 3 fully saturated rings. The second kappa shape index (κ2) is 5.75. The molecule has 5 unspecified atom stereocenters. The molecule has 7 nitrogen and oxygen atoms in total. The first-order valence-corrected chi connectivity index (χ1v) is 8.38. The number of esters is 1. The zero-order valence-corrected chi connectivity index (χ0v) is 14.6. The van der Waals surface area contributed by atoms with E-state index in [4.69, 9.17) is 28.4 Å². The van der Waals surface area contributed by atoms with Crippen LogP contribution in [0.1, 0.15) is 27.7 Å². The summed E-state index contributed by atoms with van der Waals surface area (Å²) in [6, 6.07) is 8.83. The maximum absolute atomic E-state index is 12.7. The van der Waals surface area contributed by atoms with Gasteiger partial charge in [-0.05, 0) is 39.8 Å². The van der Waals surface area contributed by atoms with Crippen LogP contribution in [-0.4, -0.2) is 48.2 Å². The maximum Gasteiger partial charge on any atom is 0.343 e. The fraction of sp³-hybridized carbons (Fsp3) is 0.611. The fourth-order valence-electron chi connectivity index (χ4n) is 3.46. The summed E-state index contributed by atoms with van der Waals surface area (Å²) >= 11 is 0. The summed E-state index contributed by atoms with van der Waals surface area (Å²) in [5, 5.41) is 0. The van der Waals surface area contributed by atoms with E-state index in [0.717, 1.165) is 0 Å². The Labute approximate surface area is 146 Å². The van der Waals surface area contributed by atoms with Crippen LogP contribution in [0.2, 0.25) is 0 Å². The molecule has 3 aliphatic heterocycles. The highest BCUT2D eigenvalue weighted by Gasteiger charge is 2.62. The standard InChI is InChI=1S/C18H22O7/c1-17(2)22-11-12(23-17)14-16(25-18(3,4)24-14)21-13(11)15(19)20-10-8-6-5-7-9-10/h5-9,11-14,16H,1-4H3. The van der Waals surface area contributed by atoms with Crippen LogP contribution in [-0.2, 0) is 28.5 Å². The first kappa shape index (κ1) is 16.9. The number of para-hydroxylation sites is 1. The number of carbonyl (C=O) groups is 1. The van der Waals surface area contributed by atoms with Crippen molar-refractivity contribution in [2.45, 2.75) is 70.0 Å². The zero-order valence-electron chi connectivity index (χ0n) is 14.6. The first-order valence-electron chi connectivity index (χ1n) is 8.38. The molecule has 5 atom stereocenters. The van der Waals surface area contributed by atoms with Crippen molar-refractivity contribution in [3.63, 3.8) is 0 Å². The van der Waals surface area contributed by atoms with Crippen LogP contribution in [0.25, 0.3) is 0 Å². The molecule has 0 aliphatic carbocycles. The van der Waals surface area contributed by atoms with Crippen molar-refractivity contribution in [2.24, 2.45) is 0 Å². The normalized spacial score (nSPS) is 38.0. The van der Waals surface area contributed by atoms with Crippen LogP contribution < -0.4 is 4.74 Å². The van der Waals surface area contributed by atoms with Crippen LogP contribution in [0, 0.1) is 0 Å². The van der Waals surface area contributed by atoms with Crippen LogP contribution in [0.3, 0.4) is 0 Å². The predicted molar refractivity (Wildman–Crippen MR) is 84.6 cm³/mol. The molecule has 3 saturated heterocycles. The Morgan fingerprint density at radius 2 is 1.48 bits per heavy atom. The molecule has 0 bridgehead atoms. The van der Waals surface area contributed by atoms with E-state index in [2.05, 4.69) is 0 Å². The third-order valence-corrected chi connectivity index (χ3v) is 4.35. The Morgan fingerprint density at radius 1 is 0.880 bits per heavy atom.